The molecule has 1 fully saturated rings. The molecule has 1 heterocycles. The van der Waals surface area contributed by atoms with Crippen molar-refractivity contribution < 1.29 is 9.47 Å². The highest BCUT2D eigenvalue weighted by molar-refractivity contribution is 9.09. The number of rotatable bonds is 12. The minimum Gasteiger partial charge on any atom is -0.349 e. The van der Waals surface area contributed by atoms with Gasteiger partial charge in [0.15, 0.2) is 6.29 Å². The molecular weight excluding hydrogens is 347 g/mol. The number of hydrogen-bond donors (Lipinski definition) is 0. The third kappa shape index (κ3) is 7.29. The molecule has 0 aromatic rings. The first kappa shape index (κ1) is 19.9. The second kappa shape index (κ2) is 11.4. The van der Waals surface area contributed by atoms with E-state index >= 15 is 0 Å². The quantitative estimate of drug-likeness (QED) is 0.326. The van der Waals surface area contributed by atoms with Crippen molar-refractivity contribution in [3.63, 3.8) is 0 Å². The van der Waals surface area contributed by atoms with Gasteiger partial charge in [-0.05, 0) is 19.3 Å². The Morgan fingerprint density at radius 1 is 0.905 bits per heavy atom. The van der Waals surface area contributed by atoms with Crippen molar-refractivity contribution in [3.05, 3.63) is 0 Å². The van der Waals surface area contributed by atoms with Crippen molar-refractivity contribution >= 4 is 23.2 Å². The van der Waals surface area contributed by atoms with Crippen LogP contribution < -0.4 is 0 Å². The summed E-state index contributed by atoms with van der Waals surface area (Å²) in [6, 6.07) is 0. The summed E-state index contributed by atoms with van der Waals surface area (Å²) in [7, 11) is -0.861. The van der Waals surface area contributed by atoms with Crippen molar-refractivity contribution in [2.45, 2.75) is 70.4 Å². The first-order valence-corrected chi connectivity index (χ1v) is 12.3. The molecule has 0 N–H and O–H groups in total. The lowest BCUT2D eigenvalue weighted by atomic mass is 10.4. The summed E-state index contributed by atoms with van der Waals surface area (Å²) in [4.78, 5) is 0.388. The molecule has 1 aliphatic heterocycles. The van der Waals surface area contributed by atoms with Crippen LogP contribution in [0.5, 0.6) is 0 Å². The molecule has 0 aliphatic carbocycles. The van der Waals surface area contributed by atoms with Crippen LogP contribution in [-0.4, -0.2) is 49.0 Å². The minimum absolute atomic E-state index is 0.00532. The molecule has 1 rings (SSSR count). The molecule has 0 bridgehead atoms. The lowest BCUT2D eigenvalue weighted by molar-refractivity contribution is -0.0367. The fraction of sp³-hybridized carbons (Fsp3) is 1.00. The van der Waals surface area contributed by atoms with Gasteiger partial charge in [0.25, 0.3) is 0 Å². The lowest BCUT2D eigenvalue weighted by Gasteiger charge is -2.31. The van der Waals surface area contributed by atoms with Gasteiger partial charge in [0.1, 0.15) is 0 Å². The molecule has 1 unspecified atom stereocenters. The van der Waals surface area contributed by atoms with Gasteiger partial charge in [0.05, 0.1) is 42.7 Å². The summed E-state index contributed by atoms with van der Waals surface area (Å²) in [6.07, 6.45) is 13.9. The van der Waals surface area contributed by atoms with Crippen LogP contribution in [0.1, 0.15) is 59.3 Å². The van der Waals surface area contributed by atoms with Gasteiger partial charge in [0, 0.05) is 7.26 Å². The van der Waals surface area contributed by atoms with Crippen LogP contribution in [0, 0.1) is 0 Å². The highest BCUT2D eigenvalue weighted by Crippen LogP contribution is 2.62. The van der Waals surface area contributed by atoms with Gasteiger partial charge < -0.3 is 9.47 Å². The van der Waals surface area contributed by atoms with Gasteiger partial charge in [-0.3, -0.25) is 0 Å². The molecule has 0 aromatic carbocycles. The molecule has 1 saturated heterocycles. The van der Waals surface area contributed by atoms with E-state index in [0.717, 1.165) is 13.2 Å². The normalized spacial score (nSPS) is 18.3. The molecule has 2 nitrogen and oxygen atoms in total. The third-order valence-electron chi connectivity index (χ3n) is 4.46. The van der Waals surface area contributed by atoms with Crippen LogP contribution in [0.15, 0.2) is 0 Å². The maximum Gasteiger partial charge on any atom is 0.173 e. The maximum absolute atomic E-state index is 5.72. The smallest absolute Gasteiger partial charge is 0.173 e. The summed E-state index contributed by atoms with van der Waals surface area (Å²) >= 11 is 3.89. The monoisotopic (exact) mass is 381 g/mol. The van der Waals surface area contributed by atoms with E-state index in [1.54, 1.807) is 0 Å². The minimum atomic E-state index is -0.861. The van der Waals surface area contributed by atoms with Crippen LogP contribution >= 0.6 is 23.2 Å². The Labute approximate surface area is 141 Å². The third-order valence-corrected chi connectivity index (χ3v) is 10.7. The van der Waals surface area contributed by atoms with E-state index in [4.69, 9.17) is 9.47 Å². The summed E-state index contributed by atoms with van der Waals surface area (Å²) in [5.74, 6) is 0. The molecule has 126 valence electrons. The Bertz CT molecular complexity index is 235. The number of hydrogen-bond acceptors (Lipinski definition) is 2. The molecule has 1 aliphatic rings. The van der Waals surface area contributed by atoms with Gasteiger partial charge in [-0.2, -0.15) is 0 Å². The zero-order valence-corrected chi connectivity index (χ0v) is 16.8. The van der Waals surface area contributed by atoms with E-state index in [-0.39, 0.29) is 6.29 Å². The highest BCUT2D eigenvalue weighted by atomic mass is 79.9. The second-order valence-corrected chi connectivity index (χ2v) is 11.9. The zero-order valence-electron chi connectivity index (χ0n) is 14.3. The van der Waals surface area contributed by atoms with E-state index in [9.17, 15) is 0 Å². The van der Waals surface area contributed by atoms with Crippen LogP contribution in [0.3, 0.4) is 0 Å². The van der Waals surface area contributed by atoms with E-state index in [0.29, 0.717) is 4.83 Å². The van der Waals surface area contributed by atoms with E-state index < -0.39 is 7.26 Å². The maximum atomic E-state index is 5.72. The molecule has 0 radical (unpaired) electrons. The largest absolute Gasteiger partial charge is 0.349 e. The van der Waals surface area contributed by atoms with Crippen LogP contribution in [-0.2, 0) is 9.47 Å². The molecule has 4 heteroatoms. The Kier molecular flexibility index (Phi) is 10.8. The number of ether oxygens (including phenoxy) is 2. The van der Waals surface area contributed by atoms with Crippen molar-refractivity contribution in [1.82, 2.24) is 0 Å². The van der Waals surface area contributed by atoms with Gasteiger partial charge in [-0.15, -0.1) is 0 Å². The molecule has 0 saturated carbocycles. The van der Waals surface area contributed by atoms with Crippen molar-refractivity contribution in [1.29, 1.82) is 0 Å². The topological polar surface area (TPSA) is 18.5 Å². The Morgan fingerprint density at radius 2 is 1.33 bits per heavy atom. The average molecular weight is 382 g/mol. The SMILES string of the molecule is CCCC[P+](CCCC)(CCCC)CC(Br)C1OCCO1. The summed E-state index contributed by atoms with van der Waals surface area (Å²) in [6.45, 7) is 8.49. The van der Waals surface area contributed by atoms with Crippen LogP contribution in [0.25, 0.3) is 0 Å². The molecule has 1 atom stereocenters. The number of unbranched alkanes of at least 4 members (excludes halogenated alkanes) is 3. The van der Waals surface area contributed by atoms with Gasteiger partial charge in [-0.25, -0.2) is 0 Å². The Morgan fingerprint density at radius 3 is 1.71 bits per heavy atom. The van der Waals surface area contributed by atoms with E-state index in [2.05, 4.69) is 36.7 Å². The van der Waals surface area contributed by atoms with Crippen molar-refractivity contribution in [2.24, 2.45) is 0 Å². The van der Waals surface area contributed by atoms with E-state index in [1.807, 2.05) is 0 Å². The predicted molar refractivity (Wildman–Crippen MR) is 99.5 cm³/mol. The van der Waals surface area contributed by atoms with Gasteiger partial charge >= 0.3 is 0 Å². The first-order valence-electron chi connectivity index (χ1n) is 8.89. The molecule has 0 aromatic heterocycles. The standard InChI is InChI=1S/C17H35BrO2P/c1-4-7-12-21(13-8-5-2,14-9-6-3)15-16(18)17-19-10-11-20-17/h16-17H,4-15H2,1-3H3/q+1. The number of alkyl halides is 1. The average Bonchev–Trinajstić information content (AvgIpc) is 3.03. The summed E-state index contributed by atoms with van der Waals surface area (Å²) < 4.78 is 11.4. The van der Waals surface area contributed by atoms with E-state index in [1.165, 1.54) is 63.2 Å². The van der Waals surface area contributed by atoms with Crippen LogP contribution in [0.4, 0.5) is 0 Å². The van der Waals surface area contributed by atoms with Crippen molar-refractivity contribution in [2.75, 3.05) is 37.9 Å². The Hall–Kier alpha value is 0.830. The summed E-state index contributed by atoms with van der Waals surface area (Å²) in [5.41, 5.74) is 0. The number of halogens is 1. The molecular formula is C17H35BrO2P+. The zero-order chi connectivity index (χ0) is 15.6. The molecule has 0 spiro atoms. The summed E-state index contributed by atoms with van der Waals surface area (Å²) in [5, 5.41) is 0. The van der Waals surface area contributed by atoms with Crippen molar-refractivity contribution in [3.8, 4) is 0 Å². The lowest BCUT2D eigenvalue weighted by Crippen LogP contribution is -2.29. The van der Waals surface area contributed by atoms with Gasteiger partial charge in [-0.1, -0.05) is 56.0 Å². The Balaban J connectivity index is 2.68. The van der Waals surface area contributed by atoms with Gasteiger partial charge in [0.2, 0.25) is 0 Å². The highest BCUT2D eigenvalue weighted by Gasteiger charge is 2.40. The predicted octanol–water partition coefficient (Wildman–Crippen LogP) is 5.54. The first-order chi connectivity index (χ1) is 10.2. The molecule has 21 heavy (non-hydrogen) atoms. The van der Waals surface area contributed by atoms with Crippen LogP contribution in [0.2, 0.25) is 0 Å². The second-order valence-electron chi connectivity index (χ2n) is 6.38. The molecule has 0 amide bonds. The fourth-order valence-corrected chi connectivity index (χ4v) is 10.4. The fourth-order valence-electron chi connectivity index (χ4n) is 3.13.